The highest BCUT2D eigenvalue weighted by Crippen LogP contribution is 2.18. The largest absolute Gasteiger partial charge is 0.488 e. The fourth-order valence-corrected chi connectivity index (χ4v) is 2.63. The number of anilines is 1. The molecule has 0 aliphatic heterocycles. The van der Waals surface area contributed by atoms with E-state index in [0.717, 1.165) is 11.1 Å². The van der Waals surface area contributed by atoms with Crippen LogP contribution >= 0.6 is 23.2 Å². The normalized spacial score (nSPS) is 10.7. The molecule has 0 aliphatic rings. The van der Waals surface area contributed by atoms with Crippen molar-refractivity contribution in [2.24, 2.45) is 5.16 Å². The van der Waals surface area contributed by atoms with Crippen LogP contribution in [0.5, 0.6) is 5.75 Å². The first-order valence-electron chi connectivity index (χ1n) is 8.77. The van der Waals surface area contributed by atoms with Crippen LogP contribution in [0.4, 0.5) is 5.69 Å². The molecule has 0 spiro atoms. The molecule has 0 aliphatic carbocycles. The van der Waals surface area contributed by atoms with Gasteiger partial charge in [0.15, 0.2) is 6.61 Å². The number of amides is 1. The van der Waals surface area contributed by atoms with E-state index >= 15 is 0 Å². The van der Waals surface area contributed by atoms with E-state index < -0.39 is 0 Å². The van der Waals surface area contributed by atoms with Crippen molar-refractivity contribution in [2.75, 3.05) is 11.9 Å². The van der Waals surface area contributed by atoms with Crippen LogP contribution < -0.4 is 10.1 Å². The van der Waals surface area contributed by atoms with Gasteiger partial charge in [0.05, 0.1) is 6.21 Å². The van der Waals surface area contributed by atoms with Gasteiger partial charge in [-0.05, 0) is 54.1 Å². The molecule has 3 rings (SSSR count). The summed E-state index contributed by atoms with van der Waals surface area (Å²) in [5, 5.41) is 7.83. The monoisotopic (exact) mass is 428 g/mol. The lowest BCUT2D eigenvalue weighted by Crippen LogP contribution is -2.16. The Morgan fingerprint density at radius 1 is 0.931 bits per heavy atom. The van der Waals surface area contributed by atoms with Crippen LogP contribution in [-0.2, 0) is 16.2 Å². The van der Waals surface area contributed by atoms with Crippen LogP contribution in [0.25, 0.3) is 0 Å². The maximum absolute atomic E-state index is 11.9. The number of nitrogens with one attached hydrogen (secondary N) is 1. The molecule has 0 saturated carbocycles. The summed E-state index contributed by atoms with van der Waals surface area (Å²) in [6, 6.07) is 21.7. The molecule has 7 heteroatoms. The molecular formula is C22H18Cl2N2O3. The van der Waals surface area contributed by atoms with Crippen molar-refractivity contribution in [3.63, 3.8) is 0 Å². The Labute approximate surface area is 178 Å². The number of halogens is 2. The number of ether oxygens (including phenoxy) is 1. The SMILES string of the molecule is O=C(CO/N=C/c1ccccc1OCc1ccc(Cl)cc1)Nc1ccc(Cl)cc1. The van der Waals surface area contributed by atoms with Gasteiger partial charge in [-0.1, -0.05) is 52.6 Å². The van der Waals surface area contributed by atoms with Crippen LogP contribution in [0, 0.1) is 0 Å². The van der Waals surface area contributed by atoms with E-state index in [9.17, 15) is 4.79 Å². The Kier molecular flexibility index (Phi) is 7.50. The summed E-state index contributed by atoms with van der Waals surface area (Å²) in [6.45, 7) is 0.180. The number of benzene rings is 3. The first-order chi connectivity index (χ1) is 14.1. The van der Waals surface area contributed by atoms with Gasteiger partial charge in [0, 0.05) is 21.3 Å². The maximum Gasteiger partial charge on any atom is 0.265 e. The van der Waals surface area contributed by atoms with Crippen LogP contribution in [0.1, 0.15) is 11.1 Å². The summed E-state index contributed by atoms with van der Waals surface area (Å²) < 4.78 is 5.85. The molecule has 0 heterocycles. The molecule has 0 radical (unpaired) electrons. The van der Waals surface area contributed by atoms with Gasteiger partial charge in [0.2, 0.25) is 0 Å². The first kappa shape index (κ1) is 20.7. The van der Waals surface area contributed by atoms with Crippen LogP contribution in [0.3, 0.4) is 0 Å². The number of rotatable bonds is 8. The molecular weight excluding hydrogens is 411 g/mol. The van der Waals surface area contributed by atoms with Gasteiger partial charge in [0.25, 0.3) is 5.91 Å². The highest BCUT2D eigenvalue weighted by atomic mass is 35.5. The van der Waals surface area contributed by atoms with Crippen molar-refractivity contribution in [1.29, 1.82) is 0 Å². The number of para-hydroxylation sites is 1. The molecule has 0 saturated heterocycles. The molecule has 29 heavy (non-hydrogen) atoms. The molecule has 0 atom stereocenters. The van der Waals surface area contributed by atoms with Gasteiger partial charge in [-0.25, -0.2) is 0 Å². The second kappa shape index (κ2) is 10.5. The fourth-order valence-electron chi connectivity index (χ4n) is 2.38. The number of hydrogen-bond donors (Lipinski definition) is 1. The third kappa shape index (κ3) is 6.82. The minimum atomic E-state index is -0.322. The average Bonchev–Trinajstić information content (AvgIpc) is 2.73. The van der Waals surface area contributed by atoms with E-state index in [4.69, 9.17) is 32.8 Å². The van der Waals surface area contributed by atoms with Gasteiger partial charge in [-0.3, -0.25) is 4.79 Å². The third-order valence-corrected chi connectivity index (χ3v) is 4.32. The Bertz CT molecular complexity index is 974. The summed E-state index contributed by atoms with van der Waals surface area (Å²) in [6.07, 6.45) is 1.51. The van der Waals surface area contributed by atoms with Gasteiger partial charge >= 0.3 is 0 Å². The number of carbonyl (C=O) groups excluding carboxylic acids is 1. The molecule has 1 amide bonds. The quantitative estimate of drug-likeness (QED) is 0.377. The fraction of sp³-hybridized carbons (Fsp3) is 0.0909. The second-order valence-electron chi connectivity index (χ2n) is 6.02. The summed E-state index contributed by atoms with van der Waals surface area (Å²) in [5.41, 5.74) is 2.36. The van der Waals surface area contributed by atoms with Crippen LogP contribution in [-0.4, -0.2) is 18.7 Å². The number of hydrogen-bond acceptors (Lipinski definition) is 4. The zero-order chi connectivity index (χ0) is 20.5. The lowest BCUT2D eigenvalue weighted by Gasteiger charge is -2.09. The van der Waals surface area contributed by atoms with E-state index in [1.807, 2.05) is 48.5 Å². The lowest BCUT2D eigenvalue weighted by atomic mass is 10.2. The van der Waals surface area contributed by atoms with E-state index in [2.05, 4.69) is 10.5 Å². The van der Waals surface area contributed by atoms with E-state index in [1.165, 1.54) is 6.21 Å². The molecule has 148 valence electrons. The molecule has 3 aromatic carbocycles. The standard InChI is InChI=1S/C22H18Cl2N2O3/c23-18-7-5-16(6-8-18)14-28-21-4-2-1-3-17(21)13-25-29-15-22(27)26-20-11-9-19(24)10-12-20/h1-13H,14-15H2,(H,26,27)/b25-13+. The minimum absolute atomic E-state index is 0.215. The van der Waals surface area contributed by atoms with Crippen molar-refractivity contribution in [2.45, 2.75) is 6.61 Å². The van der Waals surface area contributed by atoms with Gasteiger partial charge in [-0.2, -0.15) is 0 Å². The summed E-state index contributed by atoms with van der Waals surface area (Å²) in [4.78, 5) is 17.0. The molecule has 0 bridgehead atoms. The van der Waals surface area contributed by atoms with Gasteiger partial charge in [0.1, 0.15) is 12.4 Å². The van der Waals surface area contributed by atoms with E-state index in [0.29, 0.717) is 28.1 Å². The molecule has 0 aromatic heterocycles. The lowest BCUT2D eigenvalue weighted by molar-refractivity contribution is -0.120. The van der Waals surface area contributed by atoms with Gasteiger partial charge < -0.3 is 14.9 Å². The number of nitrogens with zero attached hydrogens (tertiary/aromatic N) is 1. The molecule has 0 fully saturated rings. The first-order valence-corrected chi connectivity index (χ1v) is 9.53. The van der Waals surface area contributed by atoms with Crippen molar-refractivity contribution >= 4 is 41.0 Å². The molecule has 3 aromatic rings. The Balaban J connectivity index is 1.50. The highest BCUT2D eigenvalue weighted by Gasteiger charge is 2.04. The Morgan fingerprint density at radius 3 is 2.31 bits per heavy atom. The van der Waals surface area contributed by atoms with E-state index in [1.54, 1.807) is 24.3 Å². The zero-order valence-corrected chi connectivity index (χ0v) is 16.9. The maximum atomic E-state index is 11.9. The Hall–Kier alpha value is -3.02. The molecule has 1 N–H and O–H groups in total. The summed E-state index contributed by atoms with van der Waals surface area (Å²) in [5.74, 6) is 0.331. The van der Waals surface area contributed by atoms with Crippen molar-refractivity contribution in [1.82, 2.24) is 0 Å². The third-order valence-electron chi connectivity index (χ3n) is 3.82. The minimum Gasteiger partial charge on any atom is -0.488 e. The van der Waals surface area contributed by atoms with Crippen LogP contribution in [0.15, 0.2) is 78.0 Å². The summed E-state index contributed by atoms with van der Waals surface area (Å²) in [7, 11) is 0. The predicted molar refractivity (Wildman–Crippen MR) is 116 cm³/mol. The Morgan fingerprint density at radius 2 is 1.59 bits per heavy atom. The van der Waals surface area contributed by atoms with Crippen molar-refractivity contribution in [3.8, 4) is 5.75 Å². The molecule has 5 nitrogen and oxygen atoms in total. The molecule has 0 unspecified atom stereocenters. The van der Waals surface area contributed by atoms with Crippen molar-refractivity contribution < 1.29 is 14.4 Å². The van der Waals surface area contributed by atoms with Crippen molar-refractivity contribution in [3.05, 3.63) is 94.0 Å². The number of oxime groups is 1. The summed E-state index contributed by atoms with van der Waals surface area (Å²) >= 11 is 11.7. The zero-order valence-electron chi connectivity index (χ0n) is 15.3. The number of carbonyl (C=O) groups is 1. The second-order valence-corrected chi connectivity index (χ2v) is 6.89. The predicted octanol–water partition coefficient (Wildman–Crippen LogP) is 5.56. The van der Waals surface area contributed by atoms with E-state index in [-0.39, 0.29) is 12.5 Å². The average molecular weight is 429 g/mol. The van der Waals surface area contributed by atoms with Gasteiger partial charge in [-0.15, -0.1) is 0 Å². The smallest absolute Gasteiger partial charge is 0.265 e. The highest BCUT2D eigenvalue weighted by molar-refractivity contribution is 6.30. The topological polar surface area (TPSA) is 59.9 Å². The van der Waals surface area contributed by atoms with Crippen LogP contribution in [0.2, 0.25) is 10.0 Å².